The summed E-state index contributed by atoms with van der Waals surface area (Å²) >= 11 is 36.6. The Hall–Kier alpha value is -14.9. The summed E-state index contributed by atoms with van der Waals surface area (Å²) in [6.07, 6.45) is 9.62. The van der Waals surface area contributed by atoms with Crippen LogP contribution >= 0.6 is 69.6 Å². The predicted molar refractivity (Wildman–Crippen MR) is 569 cm³/mol. The summed E-state index contributed by atoms with van der Waals surface area (Å²) < 4.78 is 37.8. The number of nitro groups is 1. The fourth-order valence-corrected chi connectivity index (χ4v) is 17.7. The fraction of sp³-hybridized carbons (Fsp3) is 0.250. The minimum atomic E-state index is -0.437. The van der Waals surface area contributed by atoms with Crippen molar-refractivity contribution in [3.8, 4) is 91.3 Å². The summed E-state index contributed by atoms with van der Waals surface area (Å²) in [6, 6.07) is 52.8. The zero-order valence-corrected chi connectivity index (χ0v) is 83.9. The lowest BCUT2D eigenvalue weighted by Gasteiger charge is -2.28. The summed E-state index contributed by atoms with van der Waals surface area (Å²) in [5.74, 6) is 9.16. The van der Waals surface area contributed by atoms with Crippen molar-refractivity contribution in [2.45, 2.75) is 6.61 Å². The van der Waals surface area contributed by atoms with E-state index in [0.717, 1.165) is 150 Å². The largest absolute Gasteiger partial charge is 0.508 e. The van der Waals surface area contributed by atoms with Crippen LogP contribution in [0.1, 0.15) is 5.56 Å². The van der Waals surface area contributed by atoms with Crippen LogP contribution in [0.2, 0.25) is 30.1 Å². The van der Waals surface area contributed by atoms with Gasteiger partial charge in [0.1, 0.15) is 56.1 Å². The number of hydrogen-bond donors (Lipinski definition) is 4. The molecule has 12 aromatic heterocycles. The highest BCUT2D eigenvalue weighted by molar-refractivity contribution is 6.33. The Bertz CT molecular complexity index is 7800. The van der Waals surface area contributed by atoms with Crippen molar-refractivity contribution >= 4 is 176 Å². The SMILES string of the molecule is COc1ccc(-c2nc(N3CCOCC3)c3ncc(Cl)cc3n2)cc1.O=[N+]([O-])c1ccc(-c2nc(N3CCOCC3)c3ncc(Cl)cc3n2)cc1.OCc1cccc(-c2nc(N3CCOCC3)c3ncc(Cl)cc3n2)c1.Oc1ccc(-c2nc(N3CCOCC3)c3ncc(Cl)cc3n2)cc1.Oc1cccc(-c2nc(N3CCOCC3)c3ncc(Cl)cc3n2)c1.Oc1ccccc1-c1nc(N2CCOCC2)c2ncc(Cl)cc2n1. The molecule has 18 aromatic rings. The second-order valence-corrected chi connectivity index (χ2v) is 36.6. The van der Waals surface area contributed by atoms with Gasteiger partial charge in [-0.25, -0.2) is 89.7 Å². The van der Waals surface area contributed by atoms with Gasteiger partial charge in [0.15, 0.2) is 69.9 Å². The van der Waals surface area contributed by atoms with E-state index in [1.165, 1.54) is 12.1 Å². The smallest absolute Gasteiger partial charge is 0.269 e. The fourth-order valence-electron chi connectivity index (χ4n) is 16.8. The van der Waals surface area contributed by atoms with Crippen LogP contribution in [-0.2, 0) is 35.0 Å². The van der Waals surface area contributed by atoms with Gasteiger partial charge in [0.05, 0.1) is 167 Å². The summed E-state index contributed by atoms with van der Waals surface area (Å²) in [6.45, 7) is 16.7. The van der Waals surface area contributed by atoms with E-state index in [1.54, 1.807) is 147 Å². The number of halogens is 6. The second kappa shape index (κ2) is 47.7. The molecule has 0 atom stereocenters. The quantitative estimate of drug-likeness (QED) is 0.0547. The van der Waals surface area contributed by atoms with Crippen LogP contribution in [-0.4, -0.2) is 280 Å². The molecule has 6 saturated heterocycles. The van der Waals surface area contributed by atoms with Crippen LogP contribution < -0.4 is 34.1 Å². The lowest BCUT2D eigenvalue weighted by Crippen LogP contribution is -2.37. The first-order valence-corrected chi connectivity index (χ1v) is 49.4. The van der Waals surface area contributed by atoms with Crippen LogP contribution in [0.4, 0.5) is 40.6 Å². The van der Waals surface area contributed by atoms with Gasteiger partial charge >= 0.3 is 0 Å². The standard InChI is InChI=1S/2C18H17ClN4O2.C17H14ClN5O3.3C17H15ClN4O2/c1-24-14-4-2-12(3-5-14)17-21-15-10-13(19)11-20-16(15)18(22-17)23-6-8-25-9-7-23;19-14-9-15-16(20-10-14)18(23-4-6-25-7-5-23)22-17(21-15)13-3-1-2-12(8-13)11-24;18-12-9-14-15(19-10-12)17(22-5-7-26-8-6-22)21-16(20-14)11-1-3-13(4-2-11)23(24)25;18-12-9-14-15(19-10-12)17(22-5-7-24-8-6-22)21-16(20-14)11-1-3-13(23)4-2-11;18-12-9-14-15(19-10-12)17(22-4-6-24-7-5-22)21-16(20-14)11-2-1-3-13(23)8-11;18-11-9-13-15(19-10-11)17(22-5-7-24-8-6-22)21-16(20-13)12-3-1-2-4-14(12)23/h2-5,10-11H,6-9H2,1H3;1-3,8-10,24H,4-7,11H2;1-4,9-10H,5-8H2;1-4,9-10,23H,5-8H2;1-3,8-10,23H,4-7H2;1-4,9-10,23H,5-8H2. The molecule has 6 aliphatic rings. The average Bonchev–Trinajstić information content (AvgIpc) is 0.801. The molecule has 18 heterocycles. The molecule has 0 aliphatic carbocycles. The van der Waals surface area contributed by atoms with Crippen molar-refractivity contribution in [3.05, 3.63) is 265 Å². The molecule has 0 saturated carbocycles. The van der Waals surface area contributed by atoms with Gasteiger partial charge in [-0.1, -0.05) is 112 Å². The number of methoxy groups -OCH3 is 1. The van der Waals surface area contributed by atoms with Gasteiger partial charge < -0.3 is 83.0 Å². The van der Waals surface area contributed by atoms with Crippen molar-refractivity contribution < 1.29 is 58.5 Å². The van der Waals surface area contributed by atoms with Gasteiger partial charge in [-0.3, -0.25) is 10.1 Å². The highest BCUT2D eigenvalue weighted by Gasteiger charge is 2.29. The molecule has 754 valence electrons. The molecule has 4 N–H and O–H groups in total. The summed E-state index contributed by atoms with van der Waals surface area (Å²) in [5.41, 5.74) is 13.8. The Labute approximate surface area is 876 Å². The lowest BCUT2D eigenvalue weighted by atomic mass is 10.1. The average molecular weight is 2110 g/mol. The van der Waals surface area contributed by atoms with E-state index in [9.17, 15) is 30.5 Å². The van der Waals surface area contributed by atoms with E-state index in [-0.39, 0.29) is 29.5 Å². The number of aromatic nitrogens is 18. The van der Waals surface area contributed by atoms with E-state index >= 15 is 0 Å². The van der Waals surface area contributed by atoms with Crippen LogP contribution in [0.3, 0.4) is 0 Å². The third kappa shape index (κ3) is 24.6. The van der Waals surface area contributed by atoms with Crippen LogP contribution in [0.15, 0.2) is 219 Å². The van der Waals surface area contributed by atoms with Gasteiger partial charge in [-0.05, 0) is 133 Å². The number of para-hydroxylation sites is 1. The molecule has 6 aliphatic heterocycles. The minimum absolute atomic E-state index is 0.0210. The number of nitrogens with zero attached hydrogens (tertiary/aromatic N) is 25. The van der Waals surface area contributed by atoms with Crippen molar-refractivity contribution in [3.63, 3.8) is 0 Å². The van der Waals surface area contributed by atoms with E-state index < -0.39 is 4.92 Å². The highest BCUT2D eigenvalue weighted by atomic mass is 35.5. The van der Waals surface area contributed by atoms with E-state index in [2.05, 4.69) is 99.2 Å². The second-order valence-electron chi connectivity index (χ2n) is 34.0. The number of aromatic hydroxyl groups is 3. The molecule has 6 aromatic carbocycles. The van der Waals surface area contributed by atoms with Gasteiger partial charge in [0.25, 0.3) is 5.69 Å². The number of ether oxygens (including phenoxy) is 7. The molecule has 148 heavy (non-hydrogen) atoms. The number of aliphatic hydroxyl groups excluding tert-OH is 1. The first-order chi connectivity index (χ1) is 72.2. The third-order valence-electron chi connectivity index (χ3n) is 24.2. The van der Waals surface area contributed by atoms with E-state index in [1.807, 2.05) is 66.7 Å². The Morgan fingerprint density at radius 2 is 0.574 bits per heavy atom. The maximum Gasteiger partial charge on any atom is 0.269 e. The molecular weight excluding hydrogens is 2020 g/mol. The topological polar surface area (TPSA) is 440 Å². The maximum atomic E-state index is 10.9. The number of hydrogen-bond acceptors (Lipinski definition) is 37. The summed E-state index contributed by atoms with van der Waals surface area (Å²) in [4.78, 5) is 106. The van der Waals surface area contributed by atoms with Crippen molar-refractivity contribution in [1.29, 1.82) is 0 Å². The number of pyridine rings is 6. The zero-order valence-electron chi connectivity index (χ0n) is 79.4. The number of nitro benzene ring substituents is 1. The van der Waals surface area contributed by atoms with Crippen molar-refractivity contribution in [2.75, 3.05) is 194 Å². The molecule has 0 unspecified atom stereocenters. The highest BCUT2D eigenvalue weighted by Crippen LogP contribution is 2.39. The Kier molecular flexibility index (Phi) is 32.8. The summed E-state index contributed by atoms with van der Waals surface area (Å²) in [5, 5.41) is 52.7. The molecule has 6 fully saturated rings. The number of aliphatic hydroxyl groups is 1. The first-order valence-electron chi connectivity index (χ1n) is 47.2. The first kappa shape index (κ1) is 102. The Morgan fingerprint density at radius 1 is 0.304 bits per heavy atom. The molecule has 0 amide bonds. The van der Waals surface area contributed by atoms with Crippen LogP contribution in [0, 0.1) is 10.1 Å². The minimum Gasteiger partial charge on any atom is -0.508 e. The predicted octanol–water partition coefficient (Wildman–Crippen LogP) is 17.6. The van der Waals surface area contributed by atoms with E-state index in [0.29, 0.717) is 219 Å². The molecule has 44 heteroatoms. The van der Waals surface area contributed by atoms with Crippen molar-refractivity contribution in [1.82, 2.24) is 89.7 Å². The van der Waals surface area contributed by atoms with Crippen molar-refractivity contribution in [2.24, 2.45) is 0 Å². The Morgan fingerprint density at radius 3 is 0.865 bits per heavy atom. The third-order valence-corrected chi connectivity index (χ3v) is 25.4. The molecule has 0 spiro atoms. The number of morpholine rings is 6. The number of phenolic OH excluding ortho intramolecular Hbond substituents is 3. The zero-order chi connectivity index (χ0) is 102. The van der Waals surface area contributed by atoms with Gasteiger partial charge in [-0.2, -0.15) is 0 Å². The van der Waals surface area contributed by atoms with Crippen LogP contribution in [0.25, 0.3) is 135 Å². The lowest BCUT2D eigenvalue weighted by molar-refractivity contribution is -0.384. The monoisotopic (exact) mass is 2110 g/mol. The molecular formula is C104H93Cl6N25O13. The molecule has 0 bridgehead atoms. The number of phenols is 3. The Balaban J connectivity index is 0.000000112. The number of benzene rings is 6. The summed E-state index contributed by atoms with van der Waals surface area (Å²) in [7, 11) is 1.64. The van der Waals surface area contributed by atoms with Gasteiger partial charge in [-0.15, -0.1) is 0 Å². The number of rotatable bonds is 15. The number of anilines is 6. The molecule has 38 nitrogen and oxygen atoms in total. The van der Waals surface area contributed by atoms with Gasteiger partial charge in [0.2, 0.25) is 0 Å². The normalized spacial score (nSPS) is 14.8. The van der Waals surface area contributed by atoms with E-state index in [4.69, 9.17) is 123 Å². The maximum absolute atomic E-state index is 10.9. The number of non-ortho nitro benzene ring substituents is 1. The molecule has 0 radical (unpaired) electrons. The van der Waals surface area contributed by atoms with Crippen LogP contribution in [0.5, 0.6) is 23.0 Å². The van der Waals surface area contributed by atoms with Gasteiger partial charge in [0, 0.05) is 156 Å². The molecule has 24 rings (SSSR count). The number of fused-ring (bicyclic) bond motifs is 6.